The number of ether oxygens (including phenoxy) is 1. The zero-order valence-electron chi connectivity index (χ0n) is 11.5. The first-order valence-corrected chi connectivity index (χ1v) is 6.10. The highest BCUT2D eigenvalue weighted by Crippen LogP contribution is 2.08. The highest BCUT2D eigenvalue weighted by molar-refractivity contribution is 5.96. The molecule has 0 atom stereocenters. The van der Waals surface area contributed by atoms with Gasteiger partial charge < -0.3 is 19.8 Å². The molecular formula is C14H16FNO5. The number of carbonyl (C=O) groups excluding carboxylic acids is 1. The number of hydrogen-bond acceptors (Lipinski definition) is 4. The van der Waals surface area contributed by atoms with Gasteiger partial charge in [0.2, 0.25) is 5.76 Å². The molecule has 0 heterocycles. The molecule has 7 heteroatoms. The minimum atomic E-state index is -1.59. The summed E-state index contributed by atoms with van der Waals surface area (Å²) in [5.74, 6) is -3.69. The number of halogens is 1. The molecule has 1 aromatic rings. The fourth-order valence-corrected chi connectivity index (χ4v) is 1.55. The van der Waals surface area contributed by atoms with Crippen molar-refractivity contribution in [2.75, 3.05) is 20.3 Å². The van der Waals surface area contributed by atoms with E-state index >= 15 is 0 Å². The average molecular weight is 297 g/mol. The number of hydrogen-bond donors (Lipinski definition) is 2. The van der Waals surface area contributed by atoms with E-state index in [9.17, 15) is 14.0 Å². The Morgan fingerprint density at radius 1 is 1.29 bits per heavy atom. The molecule has 114 valence electrons. The lowest BCUT2D eigenvalue weighted by molar-refractivity contribution is -0.136. The second kappa shape index (κ2) is 8.01. The standard InChI is InChI=1S/C14H16FNO5/c1-21-7-6-16(13(18)8-12(17)14(19)20)9-10-2-4-11(15)5-3-10/h2-5,8,17H,6-7,9H2,1H3,(H,19,20). The van der Waals surface area contributed by atoms with Gasteiger partial charge in [0.1, 0.15) is 5.82 Å². The summed E-state index contributed by atoms with van der Waals surface area (Å²) < 4.78 is 17.7. The van der Waals surface area contributed by atoms with Crippen LogP contribution in [-0.4, -0.2) is 47.3 Å². The molecule has 0 aliphatic carbocycles. The number of carboxylic acid groups (broad SMARTS) is 1. The lowest BCUT2D eigenvalue weighted by Crippen LogP contribution is -2.32. The molecule has 0 aliphatic rings. The van der Waals surface area contributed by atoms with Crippen molar-refractivity contribution in [3.8, 4) is 0 Å². The first-order chi connectivity index (χ1) is 9.93. The second-order valence-corrected chi connectivity index (χ2v) is 4.21. The summed E-state index contributed by atoms with van der Waals surface area (Å²) in [7, 11) is 1.46. The molecule has 1 amide bonds. The first-order valence-electron chi connectivity index (χ1n) is 6.10. The summed E-state index contributed by atoms with van der Waals surface area (Å²) in [4.78, 5) is 23.7. The third-order valence-electron chi connectivity index (χ3n) is 2.64. The van der Waals surface area contributed by atoms with E-state index in [1.165, 1.54) is 36.3 Å². The van der Waals surface area contributed by atoms with Gasteiger partial charge >= 0.3 is 5.97 Å². The molecule has 0 aromatic heterocycles. The van der Waals surface area contributed by atoms with Gasteiger partial charge in [-0.1, -0.05) is 12.1 Å². The van der Waals surface area contributed by atoms with E-state index in [1.807, 2.05) is 0 Å². The molecule has 2 N–H and O–H groups in total. The number of benzene rings is 1. The number of methoxy groups -OCH3 is 1. The molecule has 6 nitrogen and oxygen atoms in total. The van der Waals surface area contributed by atoms with Crippen molar-refractivity contribution >= 4 is 11.9 Å². The smallest absolute Gasteiger partial charge is 0.371 e. The molecule has 0 saturated heterocycles. The maximum absolute atomic E-state index is 12.8. The van der Waals surface area contributed by atoms with Crippen LogP contribution in [0.15, 0.2) is 36.1 Å². The van der Waals surface area contributed by atoms with Crippen LogP contribution < -0.4 is 0 Å². The topological polar surface area (TPSA) is 87.1 Å². The summed E-state index contributed by atoms with van der Waals surface area (Å²) in [6, 6.07) is 5.56. The number of nitrogens with zero attached hydrogens (tertiary/aromatic N) is 1. The van der Waals surface area contributed by atoms with Crippen LogP contribution in [0, 0.1) is 5.82 Å². The predicted octanol–water partition coefficient (Wildman–Crippen LogP) is 1.33. The molecule has 21 heavy (non-hydrogen) atoms. The van der Waals surface area contributed by atoms with Crippen LogP contribution in [0.5, 0.6) is 0 Å². The molecule has 0 aliphatic heterocycles. The molecule has 1 aromatic carbocycles. The summed E-state index contributed by atoms with van der Waals surface area (Å²) in [6.45, 7) is 0.594. The Morgan fingerprint density at radius 2 is 1.90 bits per heavy atom. The molecule has 0 saturated carbocycles. The summed E-state index contributed by atoms with van der Waals surface area (Å²) in [5.41, 5.74) is 0.670. The SMILES string of the molecule is COCCN(Cc1ccc(F)cc1)C(=O)C=C(O)C(=O)O. The lowest BCUT2D eigenvalue weighted by Gasteiger charge is -2.21. The van der Waals surface area contributed by atoms with Crippen LogP contribution in [0.2, 0.25) is 0 Å². The van der Waals surface area contributed by atoms with Crippen LogP contribution in [0.4, 0.5) is 4.39 Å². The normalized spacial score (nSPS) is 11.2. The van der Waals surface area contributed by atoms with Crippen LogP contribution >= 0.6 is 0 Å². The van der Waals surface area contributed by atoms with Crippen LogP contribution in [0.3, 0.4) is 0 Å². The van der Waals surface area contributed by atoms with Gasteiger partial charge in [-0.25, -0.2) is 9.18 Å². The van der Waals surface area contributed by atoms with Crippen molar-refractivity contribution in [3.05, 3.63) is 47.5 Å². The van der Waals surface area contributed by atoms with E-state index in [0.717, 1.165) is 0 Å². The number of carbonyl (C=O) groups is 2. The number of aliphatic hydroxyl groups excluding tert-OH is 1. The number of aliphatic carboxylic acids is 1. The Kier molecular flexibility index (Phi) is 6.35. The van der Waals surface area contributed by atoms with Crippen LogP contribution in [0.25, 0.3) is 0 Å². The van der Waals surface area contributed by atoms with Crippen molar-refractivity contribution in [1.82, 2.24) is 4.90 Å². The van der Waals surface area contributed by atoms with Gasteiger partial charge in [0.25, 0.3) is 5.91 Å². The third-order valence-corrected chi connectivity index (χ3v) is 2.64. The molecule has 0 radical (unpaired) electrons. The average Bonchev–Trinajstić information content (AvgIpc) is 2.45. The van der Waals surface area contributed by atoms with Gasteiger partial charge in [0.05, 0.1) is 12.7 Å². The fourth-order valence-electron chi connectivity index (χ4n) is 1.55. The van der Waals surface area contributed by atoms with Crippen molar-refractivity contribution in [1.29, 1.82) is 0 Å². The zero-order valence-corrected chi connectivity index (χ0v) is 11.5. The second-order valence-electron chi connectivity index (χ2n) is 4.21. The van der Waals surface area contributed by atoms with Crippen molar-refractivity contribution in [2.45, 2.75) is 6.54 Å². The van der Waals surface area contributed by atoms with E-state index in [4.69, 9.17) is 14.9 Å². The van der Waals surface area contributed by atoms with Crippen molar-refractivity contribution < 1.29 is 28.9 Å². The van der Waals surface area contributed by atoms with Crippen molar-refractivity contribution in [3.63, 3.8) is 0 Å². The van der Waals surface area contributed by atoms with E-state index in [2.05, 4.69) is 0 Å². The van der Waals surface area contributed by atoms with Crippen LogP contribution in [-0.2, 0) is 20.9 Å². The number of carboxylic acids is 1. The van der Waals surface area contributed by atoms with Gasteiger partial charge in [-0.2, -0.15) is 0 Å². The number of aliphatic hydroxyl groups is 1. The maximum Gasteiger partial charge on any atom is 0.371 e. The Balaban J connectivity index is 2.84. The van der Waals surface area contributed by atoms with Crippen molar-refractivity contribution in [2.24, 2.45) is 0 Å². The fraction of sp³-hybridized carbons (Fsp3) is 0.286. The number of rotatable bonds is 7. The Labute approximate surface area is 121 Å². The van der Waals surface area contributed by atoms with E-state index in [0.29, 0.717) is 11.6 Å². The molecule has 0 fully saturated rings. The predicted molar refractivity (Wildman–Crippen MR) is 72.0 cm³/mol. The molecule has 0 spiro atoms. The van der Waals surface area contributed by atoms with Gasteiger partial charge in [0.15, 0.2) is 0 Å². The van der Waals surface area contributed by atoms with E-state index in [-0.39, 0.29) is 19.7 Å². The summed E-state index contributed by atoms with van der Waals surface area (Å²) in [6.07, 6.45) is 0.627. The Hall–Kier alpha value is -2.41. The highest BCUT2D eigenvalue weighted by Gasteiger charge is 2.15. The van der Waals surface area contributed by atoms with Gasteiger partial charge in [-0.05, 0) is 17.7 Å². The highest BCUT2D eigenvalue weighted by atomic mass is 19.1. The van der Waals surface area contributed by atoms with Gasteiger partial charge in [0, 0.05) is 20.2 Å². The Morgan fingerprint density at radius 3 is 2.43 bits per heavy atom. The number of amides is 1. The minimum Gasteiger partial charge on any atom is -0.502 e. The van der Waals surface area contributed by atoms with E-state index < -0.39 is 23.5 Å². The lowest BCUT2D eigenvalue weighted by atomic mass is 10.2. The molecule has 1 rings (SSSR count). The Bertz CT molecular complexity index is 527. The van der Waals surface area contributed by atoms with E-state index in [1.54, 1.807) is 0 Å². The van der Waals surface area contributed by atoms with Gasteiger partial charge in [-0.3, -0.25) is 4.79 Å². The monoisotopic (exact) mass is 297 g/mol. The first kappa shape index (κ1) is 16.6. The molecule has 0 bridgehead atoms. The summed E-state index contributed by atoms with van der Waals surface area (Å²) >= 11 is 0. The molecular weight excluding hydrogens is 281 g/mol. The summed E-state index contributed by atoms with van der Waals surface area (Å²) in [5, 5.41) is 17.7. The zero-order chi connectivity index (χ0) is 15.8. The van der Waals surface area contributed by atoms with Gasteiger partial charge in [-0.15, -0.1) is 0 Å². The third kappa shape index (κ3) is 5.62. The minimum absolute atomic E-state index is 0.145. The largest absolute Gasteiger partial charge is 0.502 e. The quantitative estimate of drug-likeness (QED) is 0.585. The molecule has 0 unspecified atom stereocenters. The van der Waals surface area contributed by atoms with Crippen LogP contribution in [0.1, 0.15) is 5.56 Å². The maximum atomic E-state index is 12.8.